The molecule has 1 N–H and O–H groups in total. The highest BCUT2D eigenvalue weighted by molar-refractivity contribution is 5.88. The van der Waals surface area contributed by atoms with Gasteiger partial charge in [-0.2, -0.15) is 0 Å². The van der Waals surface area contributed by atoms with Crippen LogP contribution < -0.4 is 5.32 Å². The molecule has 0 saturated carbocycles. The summed E-state index contributed by atoms with van der Waals surface area (Å²) >= 11 is 0. The summed E-state index contributed by atoms with van der Waals surface area (Å²) in [5.41, 5.74) is 1.23. The van der Waals surface area contributed by atoms with Gasteiger partial charge in [0.15, 0.2) is 11.4 Å². The fourth-order valence-corrected chi connectivity index (χ4v) is 3.47. The Hall–Kier alpha value is -1.33. The van der Waals surface area contributed by atoms with Crippen LogP contribution in [0.2, 0.25) is 0 Å². The second-order valence-electron chi connectivity index (χ2n) is 6.02. The van der Waals surface area contributed by atoms with Gasteiger partial charge in [-0.25, -0.2) is 4.39 Å². The van der Waals surface area contributed by atoms with Gasteiger partial charge in [0.1, 0.15) is 5.82 Å². The van der Waals surface area contributed by atoms with Crippen LogP contribution in [0.1, 0.15) is 18.4 Å². The molecule has 3 aliphatic rings. The van der Waals surface area contributed by atoms with Crippen molar-refractivity contribution in [3.63, 3.8) is 0 Å². The Bertz CT molecular complexity index is 652. The van der Waals surface area contributed by atoms with E-state index in [-0.39, 0.29) is 18.2 Å². The molecule has 6 heteroatoms. The normalized spacial score (nSPS) is 27.6. The Morgan fingerprint density at radius 2 is 2.10 bits per heavy atom. The monoisotopic (exact) mass is 311 g/mol. The van der Waals surface area contributed by atoms with E-state index in [1.54, 1.807) is 13.0 Å². The van der Waals surface area contributed by atoms with Crippen molar-refractivity contribution < 1.29 is 8.91 Å². The maximum Gasteiger partial charge on any atom is 0.177 e. The molecule has 3 fully saturated rings. The zero-order valence-corrected chi connectivity index (χ0v) is 12.8. The lowest BCUT2D eigenvalue weighted by molar-refractivity contribution is 0.0973. The SMILES string of the molecule is Cc1cc2onc(N[C@H]3CN4CCC3CC4)c2cc1F.Cl. The summed E-state index contributed by atoms with van der Waals surface area (Å²) in [6, 6.07) is 3.62. The molecule has 4 heterocycles. The number of nitrogens with one attached hydrogen (secondary N) is 1. The van der Waals surface area contributed by atoms with Crippen LogP contribution in [-0.4, -0.2) is 35.7 Å². The Kier molecular flexibility index (Phi) is 3.80. The van der Waals surface area contributed by atoms with Crippen LogP contribution in [0.15, 0.2) is 16.7 Å². The molecule has 2 bridgehead atoms. The van der Waals surface area contributed by atoms with Gasteiger partial charge in [-0.15, -0.1) is 12.4 Å². The summed E-state index contributed by atoms with van der Waals surface area (Å²) in [7, 11) is 0. The van der Waals surface area contributed by atoms with Crippen LogP contribution in [0.3, 0.4) is 0 Å². The smallest absolute Gasteiger partial charge is 0.177 e. The number of hydrogen-bond donors (Lipinski definition) is 1. The molecule has 4 nitrogen and oxygen atoms in total. The van der Waals surface area contributed by atoms with Crippen LogP contribution in [0.4, 0.5) is 10.2 Å². The van der Waals surface area contributed by atoms with Crippen LogP contribution >= 0.6 is 12.4 Å². The molecule has 0 radical (unpaired) electrons. The molecule has 2 aromatic rings. The maximum atomic E-state index is 13.7. The van der Waals surface area contributed by atoms with Crippen LogP contribution in [0.5, 0.6) is 0 Å². The number of anilines is 1. The molecule has 1 aromatic carbocycles. The molecule has 0 amide bonds. The van der Waals surface area contributed by atoms with E-state index in [2.05, 4.69) is 15.4 Å². The van der Waals surface area contributed by atoms with E-state index in [0.29, 0.717) is 28.9 Å². The van der Waals surface area contributed by atoms with Gasteiger partial charge in [0.2, 0.25) is 0 Å². The van der Waals surface area contributed by atoms with Crippen molar-refractivity contribution in [1.82, 2.24) is 10.1 Å². The predicted molar refractivity (Wildman–Crippen MR) is 82.5 cm³/mol. The maximum absolute atomic E-state index is 13.7. The van der Waals surface area contributed by atoms with E-state index in [9.17, 15) is 4.39 Å². The van der Waals surface area contributed by atoms with Crippen LogP contribution in [-0.2, 0) is 0 Å². The van der Waals surface area contributed by atoms with Crippen molar-refractivity contribution in [3.05, 3.63) is 23.5 Å². The summed E-state index contributed by atoms with van der Waals surface area (Å²) < 4.78 is 19.0. The molecule has 3 aliphatic heterocycles. The van der Waals surface area contributed by atoms with E-state index < -0.39 is 0 Å². The number of fused-ring (bicyclic) bond motifs is 4. The summed E-state index contributed by atoms with van der Waals surface area (Å²) in [4.78, 5) is 2.48. The predicted octanol–water partition coefficient (Wildman–Crippen LogP) is 3.20. The Morgan fingerprint density at radius 1 is 1.33 bits per heavy atom. The van der Waals surface area contributed by atoms with Gasteiger partial charge < -0.3 is 14.7 Å². The molecular formula is C15H19ClFN3O. The van der Waals surface area contributed by atoms with Gasteiger partial charge >= 0.3 is 0 Å². The number of benzene rings is 1. The van der Waals surface area contributed by atoms with Crippen LogP contribution in [0, 0.1) is 18.7 Å². The highest BCUT2D eigenvalue weighted by Gasteiger charge is 2.34. The van der Waals surface area contributed by atoms with Gasteiger partial charge in [-0.3, -0.25) is 0 Å². The minimum Gasteiger partial charge on any atom is -0.362 e. The van der Waals surface area contributed by atoms with Crippen molar-refractivity contribution in [3.8, 4) is 0 Å². The molecular weight excluding hydrogens is 293 g/mol. The molecule has 1 atom stereocenters. The van der Waals surface area contributed by atoms with Gasteiger partial charge in [0.25, 0.3) is 0 Å². The minimum atomic E-state index is -0.210. The second-order valence-corrected chi connectivity index (χ2v) is 6.02. The van der Waals surface area contributed by atoms with E-state index in [1.807, 2.05) is 0 Å². The number of rotatable bonds is 2. The van der Waals surface area contributed by atoms with Gasteiger partial charge in [-0.1, -0.05) is 5.16 Å². The van der Waals surface area contributed by atoms with Crippen molar-refractivity contribution in [2.45, 2.75) is 25.8 Å². The third-order valence-corrected chi connectivity index (χ3v) is 4.73. The lowest BCUT2D eigenvalue weighted by Gasteiger charge is -2.44. The molecule has 5 rings (SSSR count). The number of piperidine rings is 3. The van der Waals surface area contributed by atoms with Crippen molar-refractivity contribution in [1.29, 1.82) is 0 Å². The summed E-state index contributed by atoms with van der Waals surface area (Å²) in [5.74, 6) is 1.16. The first-order chi connectivity index (χ1) is 9.70. The quantitative estimate of drug-likeness (QED) is 0.924. The van der Waals surface area contributed by atoms with Gasteiger partial charge in [0.05, 0.1) is 5.39 Å². The first kappa shape index (κ1) is 14.6. The third-order valence-electron chi connectivity index (χ3n) is 4.73. The summed E-state index contributed by atoms with van der Waals surface area (Å²) in [5, 5.41) is 8.29. The summed E-state index contributed by atoms with van der Waals surface area (Å²) in [6.07, 6.45) is 2.47. The Labute approximate surface area is 129 Å². The summed E-state index contributed by atoms with van der Waals surface area (Å²) in [6.45, 7) is 5.19. The fourth-order valence-electron chi connectivity index (χ4n) is 3.47. The average Bonchev–Trinajstić information content (AvgIpc) is 2.83. The molecule has 114 valence electrons. The number of aryl methyl sites for hydroxylation is 1. The first-order valence-electron chi connectivity index (χ1n) is 7.25. The number of nitrogens with zero attached hydrogens (tertiary/aromatic N) is 2. The highest BCUT2D eigenvalue weighted by atomic mass is 35.5. The topological polar surface area (TPSA) is 41.3 Å². The number of aromatic nitrogens is 1. The van der Waals surface area contributed by atoms with E-state index in [0.717, 1.165) is 11.9 Å². The molecule has 0 aliphatic carbocycles. The third kappa shape index (κ3) is 2.49. The molecule has 1 aromatic heterocycles. The molecule has 21 heavy (non-hydrogen) atoms. The second kappa shape index (κ2) is 5.46. The molecule has 0 spiro atoms. The zero-order valence-electron chi connectivity index (χ0n) is 11.9. The average molecular weight is 312 g/mol. The number of hydrogen-bond acceptors (Lipinski definition) is 4. The standard InChI is InChI=1S/C15H18FN3O.ClH/c1-9-6-14-11(7-12(9)16)15(18-20-14)17-13-8-19-4-2-10(13)3-5-19;/h6-7,10,13H,2-5,8H2,1H3,(H,17,18);1H/t13-;/m0./s1. The fraction of sp³-hybridized carbons (Fsp3) is 0.533. The molecule has 0 unspecified atom stereocenters. The minimum absolute atomic E-state index is 0. The Balaban J connectivity index is 0.00000132. The van der Waals surface area contributed by atoms with Gasteiger partial charge in [-0.05, 0) is 56.5 Å². The van der Waals surface area contributed by atoms with E-state index in [4.69, 9.17) is 4.52 Å². The lowest BCUT2D eigenvalue weighted by atomic mass is 9.84. The van der Waals surface area contributed by atoms with Crippen molar-refractivity contribution >= 4 is 29.2 Å². The highest BCUT2D eigenvalue weighted by Crippen LogP contribution is 2.32. The van der Waals surface area contributed by atoms with E-state index >= 15 is 0 Å². The zero-order chi connectivity index (χ0) is 13.7. The lowest BCUT2D eigenvalue weighted by Crippen LogP contribution is -2.53. The van der Waals surface area contributed by atoms with Gasteiger partial charge in [0, 0.05) is 12.6 Å². The van der Waals surface area contributed by atoms with Crippen molar-refractivity contribution in [2.75, 3.05) is 25.0 Å². The first-order valence-corrected chi connectivity index (χ1v) is 7.25. The number of halogens is 2. The largest absolute Gasteiger partial charge is 0.362 e. The van der Waals surface area contributed by atoms with E-state index in [1.165, 1.54) is 32.0 Å². The van der Waals surface area contributed by atoms with Crippen molar-refractivity contribution in [2.24, 2.45) is 5.92 Å². The Morgan fingerprint density at radius 3 is 2.76 bits per heavy atom. The molecule has 3 saturated heterocycles. The van der Waals surface area contributed by atoms with Crippen LogP contribution in [0.25, 0.3) is 11.0 Å².